The molecule has 2 nitrogen and oxygen atoms in total. The smallest absolute Gasteiger partial charge is 0.0997 e. The van der Waals surface area contributed by atoms with Crippen molar-refractivity contribution in [1.82, 2.24) is 10.6 Å². The Labute approximate surface area is 74.0 Å². The molecule has 0 fully saturated rings. The van der Waals surface area contributed by atoms with Crippen molar-refractivity contribution in [2.75, 3.05) is 0 Å². The first-order valence-electron chi connectivity index (χ1n) is 4.03. The van der Waals surface area contributed by atoms with Gasteiger partial charge in [-0.05, 0) is 11.0 Å². The van der Waals surface area contributed by atoms with Crippen molar-refractivity contribution in [1.29, 1.82) is 0 Å². The minimum Gasteiger partial charge on any atom is -0.348 e. The van der Waals surface area contributed by atoms with Gasteiger partial charge in [0.15, 0.2) is 0 Å². The van der Waals surface area contributed by atoms with Crippen LogP contribution in [0.15, 0.2) is 36.4 Å². The van der Waals surface area contributed by atoms with Crippen molar-refractivity contribution < 1.29 is 0 Å². The number of hydrogen-bond donors (Lipinski definition) is 2. The lowest BCUT2D eigenvalue weighted by molar-refractivity contribution is 0.494. The van der Waals surface area contributed by atoms with Gasteiger partial charge in [0.2, 0.25) is 0 Å². The van der Waals surface area contributed by atoms with E-state index in [4.69, 9.17) is 0 Å². The molecule has 1 rings (SSSR count). The molecule has 0 saturated carbocycles. The third kappa shape index (κ3) is 1.70. The highest BCUT2D eigenvalue weighted by Crippen LogP contribution is 2.30. The molecule has 0 radical (unpaired) electrons. The predicted octanol–water partition coefficient (Wildman–Crippen LogP) is 2.09. The Morgan fingerprint density at radius 2 is 1.83 bits per heavy atom. The molecule has 0 aromatic rings. The summed E-state index contributed by atoms with van der Waals surface area (Å²) in [6.45, 7) is 14.1. The Balaban J connectivity index is 2.92. The van der Waals surface area contributed by atoms with E-state index in [-0.39, 0.29) is 5.41 Å². The van der Waals surface area contributed by atoms with E-state index in [9.17, 15) is 0 Å². The quantitative estimate of drug-likeness (QED) is 0.573. The number of hydrogen-bond acceptors (Lipinski definition) is 2. The summed E-state index contributed by atoms with van der Waals surface area (Å²) in [6, 6.07) is 0. The first-order chi connectivity index (χ1) is 5.41. The standard InChI is InChI=1S/C10H16N2/c1-7-9(10(3,4)5)6-11-8(2)12-7/h6,11-12H,1-2H2,3-5H3. The topological polar surface area (TPSA) is 24.1 Å². The Morgan fingerprint density at radius 1 is 1.25 bits per heavy atom. The maximum absolute atomic E-state index is 3.93. The van der Waals surface area contributed by atoms with Gasteiger partial charge < -0.3 is 10.6 Å². The van der Waals surface area contributed by atoms with Gasteiger partial charge in [0, 0.05) is 11.9 Å². The van der Waals surface area contributed by atoms with Crippen LogP contribution >= 0.6 is 0 Å². The van der Waals surface area contributed by atoms with Crippen LogP contribution in [0.4, 0.5) is 0 Å². The lowest BCUT2D eigenvalue weighted by Gasteiger charge is -2.29. The van der Waals surface area contributed by atoms with Crippen molar-refractivity contribution in [2.45, 2.75) is 20.8 Å². The van der Waals surface area contributed by atoms with E-state index in [0.29, 0.717) is 0 Å². The van der Waals surface area contributed by atoms with Crippen molar-refractivity contribution in [3.05, 3.63) is 36.4 Å². The van der Waals surface area contributed by atoms with Gasteiger partial charge in [-0.25, -0.2) is 0 Å². The number of rotatable bonds is 0. The van der Waals surface area contributed by atoms with E-state index in [1.54, 1.807) is 0 Å². The molecule has 0 spiro atoms. The van der Waals surface area contributed by atoms with Crippen LogP contribution in [0, 0.1) is 5.41 Å². The second kappa shape index (κ2) is 2.70. The monoisotopic (exact) mass is 164 g/mol. The minimum atomic E-state index is 0.123. The molecule has 0 amide bonds. The van der Waals surface area contributed by atoms with Crippen LogP contribution in [-0.2, 0) is 0 Å². The van der Waals surface area contributed by atoms with Crippen molar-refractivity contribution in [2.24, 2.45) is 5.41 Å². The summed E-state index contributed by atoms with van der Waals surface area (Å²) in [6.07, 6.45) is 1.96. The molecule has 0 bridgehead atoms. The first-order valence-corrected chi connectivity index (χ1v) is 4.03. The maximum atomic E-state index is 3.93. The molecule has 0 aliphatic carbocycles. The molecule has 0 atom stereocenters. The molecule has 0 unspecified atom stereocenters. The fraction of sp³-hybridized carbons (Fsp3) is 0.400. The van der Waals surface area contributed by atoms with E-state index in [1.165, 1.54) is 5.57 Å². The Hall–Kier alpha value is -1.18. The van der Waals surface area contributed by atoms with E-state index >= 15 is 0 Å². The average Bonchev–Trinajstić information content (AvgIpc) is 1.83. The number of allylic oxidation sites excluding steroid dienone is 1. The summed E-state index contributed by atoms with van der Waals surface area (Å²) in [5.74, 6) is 0.785. The van der Waals surface area contributed by atoms with Crippen molar-refractivity contribution in [3.63, 3.8) is 0 Å². The lowest BCUT2D eigenvalue weighted by atomic mass is 9.85. The molecule has 1 heterocycles. The molecule has 12 heavy (non-hydrogen) atoms. The van der Waals surface area contributed by atoms with Crippen LogP contribution in [0.25, 0.3) is 0 Å². The van der Waals surface area contributed by atoms with Crippen LogP contribution in [0.5, 0.6) is 0 Å². The minimum absolute atomic E-state index is 0.123. The SMILES string of the molecule is C=C1NC=C(C(C)(C)C)C(=C)N1. The Bertz CT molecular complexity index is 254. The fourth-order valence-electron chi connectivity index (χ4n) is 1.20. The second-order valence-electron chi connectivity index (χ2n) is 4.03. The van der Waals surface area contributed by atoms with Crippen LogP contribution in [0.2, 0.25) is 0 Å². The Kier molecular flexibility index (Phi) is 2.01. The lowest BCUT2D eigenvalue weighted by Crippen LogP contribution is -2.31. The molecule has 66 valence electrons. The van der Waals surface area contributed by atoms with Crippen LogP contribution < -0.4 is 10.6 Å². The van der Waals surface area contributed by atoms with Crippen LogP contribution in [0.1, 0.15) is 20.8 Å². The van der Waals surface area contributed by atoms with Gasteiger partial charge in [0.1, 0.15) is 0 Å². The van der Waals surface area contributed by atoms with Gasteiger partial charge >= 0.3 is 0 Å². The van der Waals surface area contributed by atoms with Gasteiger partial charge in [-0.1, -0.05) is 33.9 Å². The van der Waals surface area contributed by atoms with Gasteiger partial charge in [-0.15, -0.1) is 0 Å². The highest BCUT2D eigenvalue weighted by Gasteiger charge is 2.22. The Morgan fingerprint density at radius 3 is 2.25 bits per heavy atom. The van der Waals surface area contributed by atoms with Crippen LogP contribution in [-0.4, -0.2) is 0 Å². The summed E-state index contributed by atoms with van der Waals surface area (Å²) in [7, 11) is 0. The van der Waals surface area contributed by atoms with E-state index in [2.05, 4.69) is 44.6 Å². The van der Waals surface area contributed by atoms with Gasteiger partial charge in [-0.3, -0.25) is 0 Å². The van der Waals surface area contributed by atoms with Gasteiger partial charge in [0.25, 0.3) is 0 Å². The van der Waals surface area contributed by atoms with Crippen LogP contribution in [0.3, 0.4) is 0 Å². The number of nitrogens with one attached hydrogen (secondary N) is 2. The van der Waals surface area contributed by atoms with Crippen molar-refractivity contribution in [3.8, 4) is 0 Å². The maximum Gasteiger partial charge on any atom is 0.0997 e. The molecule has 2 heteroatoms. The molecular formula is C10H16N2. The summed E-state index contributed by atoms with van der Waals surface area (Å²) in [4.78, 5) is 0. The molecule has 1 aliphatic heterocycles. The van der Waals surface area contributed by atoms with E-state index in [0.717, 1.165) is 11.5 Å². The second-order valence-corrected chi connectivity index (χ2v) is 4.03. The summed E-state index contributed by atoms with van der Waals surface area (Å²) < 4.78 is 0. The fourth-order valence-corrected chi connectivity index (χ4v) is 1.20. The highest BCUT2D eigenvalue weighted by atomic mass is 15.1. The van der Waals surface area contributed by atoms with Gasteiger partial charge in [0.05, 0.1) is 5.82 Å². The molecular weight excluding hydrogens is 148 g/mol. The first kappa shape index (κ1) is 8.91. The van der Waals surface area contributed by atoms with E-state index < -0.39 is 0 Å². The van der Waals surface area contributed by atoms with E-state index in [1.807, 2.05) is 6.20 Å². The summed E-state index contributed by atoms with van der Waals surface area (Å²) in [5.41, 5.74) is 2.25. The zero-order valence-electron chi connectivity index (χ0n) is 7.99. The normalized spacial score (nSPS) is 18.1. The zero-order valence-corrected chi connectivity index (χ0v) is 7.99. The molecule has 0 aromatic carbocycles. The summed E-state index contributed by atoms with van der Waals surface area (Å²) >= 11 is 0. The molecule has 2 N–H and O–H groups in total. The molecule has 0 saturated heterocycles. The highest BCUT2D eigenvalue weighted by molar-refractivity contribution is 5.36. The van der Waals surface area contributed by atoms with Gasteiger partial charge in [-0.2, -0.15) is 0 Å². The predicted molar refractivity (Wildman–Crippen MR) is 52.1 cm³/mol. The molecule has 0 aromatic heterocycles. The third-order valence-electron chi connectivity index (χ3n) is 1.83. The third-order valence-corrected chi connectivity index (χ3v) is 1.83. The largest absolute Gasteiger partial charge is 0.348 e. The summed E-state index contributed by atoms with van der Waals surface area (Å²) in [5, 5.41) is 6.11. The average molecular weight is 164 g/mol. The van der Waals surface area contributed by atoms with Crippen molar-refractivity contribution >= 4 is 0 Å². The zero-order chi connectivity index (χ0) is 9.35. The molecule has 1 aliphatic rings.